The van der Waals surface area contributed by atoms with E-state index in [9.17, 15) is 0 Å². The molecular weight excluding hydrogens is 352 g/mol. The molecule has 0 aromatic heterocycles. The third kappa shape index (κ3) is 4.68. The lowest BCUT2D eigenvalue weighted by molar-refractivity contribution is 0.268. The molecule has 2 aromatic rings. The lowest BCUT2D eigenvalue weighted by atomic mass is 10.2. The quantitative estimate of drug-likeness (QED) is 0.228. The molecule has 148 valence electrons. The van der Waals surface area contributed by atoms with Crippen LogP contribution in [0.2, 0.25) is 0 Å². The van der Waals surface area contributed by atoms with E-state index < -0.39 is 0 Å². The first-order valence-electron chi connectivity index (χ1n) is 9.18. The van der Waals surface area contributed by atoms with E-state index >= 15 is 0 Å². The van der Waals surface area contributed by atoms with E-state index in [1.807, 2.05) is 49.7 Å². The summed E-state index contributed by atoms with van der Waals surface area (Å²) in [4.78, 5) is 8.95. The maximum Gasteiger partial charge on any atom is 0.103 e. The van der Waals surface area contributed by atoms with Gasteiger partial charge in [0.2, 0.25) is 0 Å². The number of aliphatic imine (C=N–C) groups is 1. The number of hydrogen-bond acceptors (Lipinski definition) is 8. The number of nitrogens with one attached hydrogen (secondary N) is 2. The van der Waals surface area contributed by atoms with Crippen LogP contribution >= 0.6 is 0 Å². The molecule has 8 nitrogen and oxygen atoms in total. The van der Waals surface area contributed by atoms with Gasteiger partial charge in [0.05, 0.1) is 36.0 Å². The average molecular weight is 381 g/mol. The molecule has 0 amide bonds. The maximum absolute atomic E-state index is 5.87. The molecule has 1 heterocycles. The van der Waals surface area contributed by atoms with Crippen molar-refractivity contribution in [2.24, 2.45) is 16.7 Å². The van der Waals surface area contributed by atoms with Crippen LogP contribution in [-0.4, -0.2) is 44.6 Å². The fraction of sp³-hybridized carbons (Fsp3) is 0.250. The van der Waals surface area contributed by atoms with E-state index in [0.717, 1.165) is 35.1 Å². The SMILES string of the molecule is C=C1Nc2ccccc2N1CC=Nc1ccccc1N(C)CCN(N)CNN. The van der Waals surface area contributed by atoms with Crippen LogP contribution in [0, 0.1) is 0 Å². The van der Waals surface area contributed by atoms with Crippen molar-refractivity contribution >= 4 is 29.0 Å². The van der Waals surface area contributed by atoms with Gasteiger partial charge >= 0.3 is 0 Å². The Labute approximate surface area is 166 Å². The van der Waals surface area contributed by atoms with Crippen LogP contribution in [0.3, 0.4) is 0 Å². The Morgan fingerprint density at radius 1 is 1.18 bits per heavy atom. The minimum atomic E-state index is 0.433. The number of hydrazine groups is 2. The Hall–Kier alpha value is -2.91. The van der Waals surface area contributed by atoms with E-state index in [4.69, 9.17) is 16.7 Å². The van der Waals surface area contributed by atoms with Gasteiger partial charge in [-0.3, -0.25) is 16.7 Å². The summed E-state index contributed by atoms with van der Waals surface area (Å²) in [7, 11) is 2.03. The molecule has 28 heavy (non-hydrogen) atoms. The van der Waals surface area contributed by atoms with Gasteiger partial charge in [-0.1, -0.05) is 30.8 Å². The highest BCUT2D eigenvalue weighted by molar-refractivity contribution is 5.84. The van der Waals surface area contributed by atoms with Crippen molar-refractivity contribution in [2.75, 3.05) is 48.5 Å². The maximum atomic E-state index is 5.87. The molecule has 1 aliphatic rings. The van der Waals surface area contributed by atoms with Crippen LogP contribution < -0.4 is 32.2 Å². The summed E-state index contributed by atoms with van der Waals surface area (Å²) in [5.74, 6) is 12.0. The number of fused-ring (bicyclic) bond motifs is 1. The van der Waals surface area contributed by atoms with Crippen molar-refractivity contribution in [2.45, 2.75) is 0 Å². The van der Waals surface area contributed by atoms with Crippen LogP contribution in [0.4, 0.5) is 22.7 Å². The van der Waals surface area contributed by atoms with Gasteiger partial charge < -0.3 is 15.1 Å². The fourth-order valence-corrected chi connectivity index (χ4v) is 3.10. The van der Waals surface area contributed by atoms with Gasteiger partial charge in [-0.2, -0.15) is 0 Å². The van der Waals surface area contributed by atoms with E-state index in [0.29, 0.717) is 19.8 Å². The minimum absolute atomic E-state index is 0.433. The third-order valence-electron chi connectivity index (χ3n) is 4.60. The predicted octanol–water partition coefficient (Wildman–Crippen LogP) is 1.82. The Morgan fingerprint density at radius 3 is 2.75 bits per heavy atom. The molecule has 6 N–H and O–H groups in total. The second kappa shape index (κ2) is 9.34. The van der Waals surface area contributed by atoms with Gasteiger partial charge in [0, 0.05) is 26.4 Å². The van der Waals surface area contributed by atoms with Gasteiger partial charge in [-0.15, -0.1) is 0 Å². The zero-order valence-electron chi connectivity index (χ0n) is 16.2. The van der Waals surface area contributed by atoms with Crippen LogP contribution in [0.15, 0.2) is 65.9 Å². The predicted molar refractivity (Wildman–Crippen MR) is 117 cm³/mol. The van der Waals surface area contributed by atoms with Crippen LogP contribution in [0.5, 0.6) is 0 Å². The molecule has 0 fully saturated rings. The number of nitrogens with two attached hydrogens (primary N) is 2. The number of para-hydroxylation sites is 4. The summed E-state index contributed by atoms with van der Waals surface area (Å²) in [6.45, 7) is 6.59. The van der Waals surface area contributed by atoms with Gasteiger partial charge in [0.25, 0.3) is 0 Å². The first-order valence-corrected chi connectivity index (χ1v) is 9.18. The number of hydrogen-bond donors (Lipinski definition) is 4. The van der Waals surface area contributed by atoms with Crippen LogP contribution in [-0.2, 0) is 0 Å². The molecule has 0 bridgehead atoms. The van der Waals surface area contributed by atoms with Crippen molar-refractivity contribution in [3.8, 4) is 0 Å². The first-order chi connectivity index (χ1) is 13.6. The number of rotatable bonds is 9. The third-order valence-corrected chi connectivity index (χ3v) is 4.60. The molecule has 0 saturated carbocycles. The molecule has 2 aromatic carbocycles. The van der Waals surface area contributed by atoms with Crippen molar-refractivity contribution < 1.29 is 0 Å². The molecule has 0 spiro atoms. The highest BCUT2D eigenvalue weighted by atomic mass is 15.5. The Morgan fingerprint density at radius 2 is 1.93 bits per heavy atom. The number of benzene rings is 2. The lowest BCUT2D eigenvalue weighted by Gasteiger charge is -2.24. The first kappa shape index (κ1) is 19.8. The zero-order valence-corrected chi connectivity index (χ0v) is 16.2. The summed E-state index contributed by atoms with van der Waals surface area (Å²) < 4.78 is 0. The minimum Gasteiger partial charge on any atom is -0.372 e. The van der Waals surface area contributed by atoms with Crippen molar-refractivity contribution in [3.63, 3.8) is 0 Å². The summed E-state index contributed by atoms with van der Waals surface area (Å²) in [5.41, 5.74) is 6.69. The van der Waals surface area contributed by atoms with Gasteiger partial charge in [0.15, 0.2) is 0 Å². The van der Waals surface area contributed by atoms with E-state index in [-0.39, 0.29) is 0 Å². The molecule has 0 aliphatic carbocycles. The van der Waals surface area contributed by atoms with Crippen molar-refractivity contribution in [1.29, 1.82) is 0 Å². The number of nitrogens with zero attached hydrogens (tertiary/aromatic N) is 4. The summed E-state index contributed by atoms with van der Waals surface area (Å²) in [5, 5.41) is 4.93. The summed E-state index contributed by atoms with van der Waals surface area (Å²) in [6, 6.07) is 16.2. The highest BCUT2D eigenvalue weighted by Crippen LogP contribution is 2.35. The molecule has 0 unspecified atom stereocenters. The molecule has 0 radical (unpaired) electrons. The topological polar surface area (TPSA) is 98.2 Å². The summed E-state index contributed by atoms with van der Waals surface area (Å²) >= 11 is 0. The molecule has 0 saturated heterocycles. The lowest BCUT2D eigenvalue weighted by Crippen LogP contribution is -2.45. The van der Waals surface area contributed by atoms with Gasteiger partial charge in [-0.25, -0.2) is 10.4 Å². The monoisotopic (exact) mass is 380 g/mol. The number of anilines is 3. The van der Waals surface area contributed by atoms with Gasteiger partial charge in [0.1, 0.15) is 5.82 Å². The highest BCUT2D eigenvalue weighted by Gasteiger charge is 2.20. The Balaban J connectivity index is 1.65. The van der Waals surface area contributed by atoms with E-state index in [1.165, 1.54) is 0 Å². The molecule has 8 heteroatoms. The normalized spacial score (nSPS) is 13.3. The van der Waals surface area contributed by atoms with Crippen LogP contribution in [0.1, 0.15) is 0 Å². The second-order valence-electron chi connectivity index (χ2n) is 6.60. The standard InChI is InChI=1S/C20H28N8/c1-16-25-18-8-4-6-10-20(18)28(16)12-11-23-17-7-3-5-9-19(17)26(2)13-14-27(22)15-24-21/h3-11,24-25H,1,12-15,21-22H2,2H3. The zero-order chi connectivity index (χ0) is 19.9. The van der Waals surface area contributed by atoms with Crippen LogP contribution in [0.25, 0.3) is 0 Å². The molecular formula is C20H28N8. The van der Waals surface area contributed by atoms with Crippen molar-refractivity contribution in [1.82, 2.24) is 10.4 Å². The Kier molecular flexibility index (Phi) is 6.62. The summed E-state index contributed by atoms with van der Waals surface area (Å²) in [6.07, 6.45) is 1.91. The Bertz CT molecular complexity index is 834. The van der Waals surface area contributed by atoms with Crippen molar-refractivity contribution in [3.05, 3.63) is 60.9 Å². The fourth-order valence-electron chi connectivity index (χ4n) is 3.10. The molecule has 3 rings (SSSR count). The molecule has 1 aliphatic heterocycles. The average Bonchev–Trinajstić information content (AvgIpc) is 3.02. The smallest absolute Gasteiger partial charge is 0.103 e. The molecule has 0 atom stereocenters. The van der Waals surface area contributed by atoms with E-state index in [2.05, 4.69) is 39.3 Å². The second-order valence-corrected chi connectivity index (χ2v) is 6.60. The van der Waals surface area contributed by atoms with E-state index in [1.54, 1.807) is 5.01 Å². The van der Waals surface area contributed by atoms with Gasteiger partial charge in [-0.05, 0) is 24.3 Å². The number of likely N-dealkylation sites (N-methyl/N-ethyl adjacent to an activating group) is 1. The largest absolute Gasteiger partial charge is 0.372 e.